The van der Waals surface area contributed by atoms with E-state index >= 15 is 0 Å². The number of piperidine rings is 1. The van der Waals surface area contributed by atoms with Gasteiger partial charge < -0.3 is 15.0 Å². The van der Waals surface area contributed by atoms with E-state index in [1.807, 2.05) is 24.3 Å². The molecule has 1 saturated carbocycles. The van der Waals surface area contributed by atoms with Crippen molar-refractivity contribution in [3.63, 3.8) is 0 Å². The summed E-state index contributed by atoms with van der Waals surface area (Å²) in [6, 6.07) is 10.2. The molecule has 7 heteroatoms. The first-order valence-electron chi connectivity index (χ1n) is 8.88. The fourth-order valence-electron chi connectivity index (χ4n) is 4.50. The van der Waals surface area contributed by atoms with E-state index in [2.05, 4.69) is 23.3 Å². The number of nitrogens with one attached hydrogen (secondary N) is 1. The van der Waals surface area contributed by atoms with E-state index in [4.69, 9.17) is 4.74 Å². The van der Waals surface area contributed by atoms with Gasteiger partial charge in [-0.25, -0.2) is 4.79 Å². The standard InChI is InChI=1S/C19H22N4O3/c1-12(24)21-7-15-8-23(18(25)26-15)14-5-3-13(4-6-14)19(11-20)16-9-22(2)10-17(16)19/h3-6,15-17H,7-10H2,1-2H3,(H,21,24)/t15-,16-,17+,19?/m0/s1. The van der Waals surface area contributed by atoms with Crippen molar-refractivity contribution in [2.75, 3.05) is 38.1 Å². The lowest BCUT2D eigenvalue weighted by Gasteiger charge is -2.20. The van der Waals surface area contributed by atoms with Gasteiger partial charge in [0.2, 0.25) is 5.91 Å². The third-order valence-corrected chi connectivity index (χ3v) is 5.86. The van der Waals surface area contributed by atoms with Crippen LogP contribution in [0.3, 0.4) is 0 Å². The number of ether oxygens (including phenoxy) is 1. The quantitative estimate of drug-likeness (QED) is 0.875. The summed E-state index contributed by atoms with van der Waals surface area (Å²) in [5.41, 5.74) is 1.42. The van der Waals surface area contributed by atoms with Crippen molar-refractivity contribution in [1.82, 2.24) is 10.2 Å². The molecule has 4 atom stereocenters. The van der Waals surface area contributed by atoms with Crippen LogP contribution in [0.4, 0.5) is 10.5 Å². The summed E-state index contributed by atoms with van der Waals surface area (Å²) in [6.07, 6.45) is -0.761. The molecule has 2 saturated heterocycles. The maximum absolute atomic E-state index is 12.1. The molecule has 0 radical (unpaired) electrons. The van der Waals surface area contributed by atoms with Gasteiger partial charge in [0.05, 0.1) is 24.6 Å². The molecule has 0 spiro atoms. The Kier molecular flexibility index (Phi) is 3.88. The molecule has 1 aromatic carbocycles. The van der Waals surface area contributed by atoms with E-state index in [1.54, 1.807) is 4.90 Å². The minimum atomic E-state index is -0.409. The number of fused-ring (bicyclic) bond motifs is 1. The number of carbonyl (C=O) groups excluding carboxylic acids is 2. The Morgan fingerprint density at radius 3 is 2.54 bits per heavy atom. The number of nitrogens with zero attached hydrogens (tertiary/aromatic N) is 3. The molecule has 4 rings (SSSR count). The van der Waals surface area contributed by atoms with Crippen molar-refractivity contribution in [3.05, 3.63) is 29.8 Å². The van der Waals surface area contributed by atoms with Crippen molar-refractivity contribution in [1.29, 1.82) is 5.26 Å². The second-order valence-electron chi connectivity index (χ2n) is 7.52. The largest absolute Gasteiger partial charge is 0.442 e. The highest BCUT2D eigenvalue weighted by Gasteiger charge is 2.69. The number of rotatable bonds is 4. The van der Waals surface area contributed by atoms with E-state index in [0.717, 1.165) is 24.3 Å². The van der Waals surface area contributed by atoms with Crippen LogP contribution in [-0.2, 0) is 14.9 Å². The average molecular weight is 354 g/mol. The third kappa shape index (κ3) is 2.53. The highest BCUT2D eigenvalue weighted by atomic mass is 16.6. The zero-order valence-electron chi connectivity index (χ0n) is 14.9. The minimum absolute atomic E-state index is 0.147. The van der Waals surface area contributed by atoms with Gasteiger partial charge >= 0.3 is 6.09 Å². The first kappa shape index (κ1) is 16.9. The molecule has 1 aromatic rings. The van der Waals surface area contributed by atoms with Crippen molar-refractivity contribution in [3.8, 4) is 6.07 Å². The number of cyclic esters (lactones) is 1. The maximum atomic E-state index is 12.1. The van der Waals surface area contributed by atoms with Crippen LogP contribution in [0.15, 0.2) is 24.3 Å². The van der Waals surface area contributed by atoms with Gasteiger partial charge in [0.15, 0.2) is 0 Å². The molecule has 1 unspecified atom stereocenters. The summed E-state index contributed by atoms with van der Waals surface area (Å²) in [4.78, 5) is 27.0. The van der Waals surface area contributed by atoms with Crippen LogP contribution in [0.25, 0.3) is 0 Å². The second-order valence-corrected chi connectivity index (χ2v) is 7.52. The third-order valence-electron chi connectivity index (χ3n) is 5.86. The van der Waals surface area contributed by atoms with E-state index in [9.17, 15) is 14.9 Å². The maximum Gasteiger partial charge on any atom is 0.414 e. The van der Waals surface area contributed by atoms with E-state index in [1.165, 1.54) is 6.92 Å². The van der Waals surface area contributed by atoms with Gasteiger partial charge in [-0.15, -0.1) is 0 Å². The fraction of sp³-hybridized carbons (Fsp3) is 0.526. The SMILES string of the molecule is CC(=O)NC[C@H]1CN(c2ccc(C3(C#N)[C@@H]4CN(C)C[C@@H]43)cc2)C(=O)O1. The van der Waals surface area contributed by atoms with Crippen LogP contribution in [0.5, 0.6) is 0 Å². The summed E-state index contributed by atoms with van der Waals surface area (Å²) in [5, 5.41) is 12.4. The van der Waals surface area contributed by atoms with E-state index in [0.29, 0.717) is 24.9 Å². The van der Waals surface area contributed by atoms with Crippen LogP contribution in [0.2, 0.25) is 0 Å². The Morgan fingerprint density at radius 1 is 1.31 bits per heavy atom. The van der Waals surface area contributed by atoms with Gasteiger partial charge in [0, 0.05) is 37.5 Å². The van der Waals surface area contributed by atoms with Gasteiger partial charge in [-0.2, -0.15) is 5.26 Å². The Labute approximate surface area is 152 Å². The fourth-order valence-corrected chi connectivity index (χ4v) is 4.50. The molecule has 7 nitrogen and oxygen atoms in total. The number of amides is 2. The van der Waals surface area contributed by atoms with Gasteiger partial charge in [0.25, 0.3) is 0 Å². The van der Waals surface area contributed by atoms with Gasteiger partial charge in [-0.05, 0) is 24.7 Å². The first-order chi connectivity index (χ1) is 12.5. The average Bonchev–Trinajstić information content (AvgIpc) is 2.90. The highest BCUT2D eigenvalue weighted by molar-refractivity contribution is 5.89. The number of anilines is 1. The second kappa shape index (κ2) is 5.99. The zero-order valence-corrected chi connectivity index (χ0v) is 14.9. The molecule has 2 heterocycles. The summed E-state index contributed by atoms with van der Waals surface area (Å²) in [5.74, 6) is 0.663. The summed E-state index contributed by atoms with van der Waals surface area (Å²) in [7, 11) is 2.09. The first-order valence-corrected chi connectivity index (χ1v) is 8.88. The summed E-state index contributed by atoms with van der Waals surface area (Å²) < 4.78 is 5.30. The molecule has 0 bridgehead atoms. The van der Waals surface area contributed by atoms with Gasteiger partial charge in [-0.1, -0.05) is 12.1 Å². The van der Waals surface area contributed by atoms with Gasteiger partial charge in [-0.3, -0.25) is 9.69 Å². The highest BCUT2D eigenvalue weighted by Crippen LogP contribution is 2.63. The predicted molar refractivity (Wildman–Crippen MR) is 94.5 cm³/mol. The predicted octanol–water partition coefficient (Wildman–Crippen LogP) is 1.10. The molecule has 1 N–H and O–H groups in total. The van der Waals surface area contributed by atoms with Crippen LogP contribution < -0.4 is 10.2 Å². The van der Waals surface area contributed by atoms with E-state index < -0.39 is 6.09 Å². The molecular formula is C19H22N4O3. The molecule has 1 aliphatic carbocycles. The molecule has 3 fully saturated rings. The number of nitriles is 1. The van der Waals surface area contributed by atoms with Crippen LogP contribution in [0, 0.1) is 23.2 Å². The van der Waals surface area contributed by atoms with Crippen LogP contribution >= 0.6 is 0 Å². The summed E-state index contributed by atoms with van der Waals surface area (Å²) in [6.45, 7) is 4.07. The lowest BCUT2D eigenvalue weighted by Crippen LogP contribution is -2.33. The topological polar surface area (TPSA) is 85.7 Å². The van der Waals surface area contributed by atoms with Crippen molar-refractivity contribution < 1.29 is 14.3 Å². The van der Waals surface area contributed by atoms with Gasteiger partial charge in [0.1, 0.15) is 6.10 Å². The van der Waals surface area contributed by atoms with Crippen LogP contribution in [0.1, 0.15) is 12.5 Å². The van der Waals surface area contributed by atoms with Crippen LogP contribution in [-0.4, -0.2) is 56.2 Å². The van der Waals surface area contributed by atoms with Crippen molar-refractivity contribution in [2.45, 2.75) is 18.4 Å². The molecular weight excluding hydrogens is 332 g/mol. The Hall–Kier alpha value is -2.59. The molecule has 3 aliphatic rings. The number of benzene rings is 1. The molecule has 136 valence electrons. The number of likely N-dealkylation sites (tertiary alicyclic amines) is 1. The summed E-state index contributed by atoms with van der Waals surface area (Å²) >= 11 is 0. The molecule has 26 heavy (non-hydrogen) atoms. The normalized spacial score (nSPS) is 32.7. The molecule has 2 aliphatic heterocycles. The van der Waals surface area contributed by atoms with Crippen molar-refractivity contribution in [2.24, 2.45) is 11.8 Å². The number of hydrogen-bond donors (Lipinski definition) is 1. The lowest BCUT2D eigenvalue weighted by molar-refractivity contribution is -0.119. The Bertz CT molecular complexity index is 773. The monoisotopic (exact) mass is 354 g/mol. The Balaban J connectivity index is 1.46. The number of carbonyl (C=O) groups is 2. The van der Waals surface area contributed by atoms with E-state index in [-0.39, 0.29) is 17.4 Å². The number of hydrogen-bond acceptors (Lipinski definition) is 5. The lowest BCUT2D eigenvalue weighted by atomic mass is 9.91. The molecule has 0 aromatic heterocycles. The Morgan fingerprint density at radius 2 is 1.96 bits per heavy atom. The van der Waals surface area contributed by atoms with Crippen molar-refractivity contribution >= 4 is 17.7 Å². The molecule has 2 amide bonds. The minimum Gasteiger partial charge on any atom is -0.442 e. The smallest absolute Gasteiger partial charge is 0.414 e. The zero-order chi connectivity index (χ0) is 18.5.